The van der Waals surface area contributed by atoms with Crippen molar-refractivity contribution in [3.05, 3.63) is 47.3 Å². The number of hydrogen-bond acceptors (Lipinski definition) is 5. The predicted octanol–water partition coefficient (Wildman–Crippen LogP) is 3.61. The molecule has 2 aromatic rings. The molecule has 4 nitrogen and oxygen atoms in total. The number of carbonyl (C=O) groups is 1. The van der Waals surface area contributed by atoms with Crippen molar-refractivity contribution in [3.8, 4) is 10.4 Å². The fraction of sp³-hybridized carbons (Fsp3) is 0.500. The molecule has 2 heterocycles. The summed E-state index contributed by atoms with van der Waals surface area (Å²) < 4.78 is 11.8. The molecular formula is C22H25NO3S. The fourth-order valence-electron chi connectivity index (χ4n) is 5.04. The van der Waals surface area contributed by atoms with E-state index in [2.05, 4.69) is 41.3 Å². The maximum Gasteiger partial charge on any atom is 0.138 e. The normalized spacial score (nSPS) is 30.9. The average Bonchev–Trinajstić information content (AvgIpc) is 3.40. The first-order chi connectivity index (χ1) is 13.3. The lowest BCUT2D eigenvalue weighted by atomic mass is 9.96. The second-order valence-electron chi connectivity index (χ2n) is 7.80. The molecule has 1 unspecified atom stereocenters. The molecule has 0 spiro atoms. The predicted molar refractivity (Wildman–Crippen MR) is 106 cm³/mol. The SMILES string of the molecule is O=C1C[C@H]2C(N3CCOCC3)[C@@H]1C[C@H]2OCc1ccc(-c2ccccc2)s1. The van der Waals surface area contributed by atoms with E-state index in [1.807, 2.05) is 6.07 Å². The van der Waals surface area contributed by atoms with Crippen LogP contribution in [0.25, 0.3) is 10.4 Å². The van der Waals surface area contributed by atoms with Crippen LogP contribution in [0, 0.1) is 11.8 Å². The second kappa shape index (κ2) is 7.47. The standard InChI is InChI=1S/C22H25NO3S/c24-19-12-18-20(13-17(19)22(18)23-8-10-25-11-9-23)26-14-16-6-7-21(27-16)15-4-2-1-3-5-15/h1-7,17-18,20,22H,8-14H2/t17-,18-,20-,22?/m1/s1. The van der Waals surface area contributed by atoms with Crippen molar-refractivity contribution in [2.45, 2.75) is 31.6 Å². The molecular weight excluding hydrogens is 358 g/mol. The van der Waals surface area contributed by atoms with Gasteiger partial charge in [0.2, 0.25) is 0 Å². The molecule has 1 aliphatic heterocycles. The maximum absolute atomic E-state index is 12.4. The zero-order chi connectivity index (χ0) is 18.2. The van der Waals surface area contributed by atoms with Crippen LogP contribution in [0.5, 0.6) is 0 Å². The van der Waals surface area contributed by atoms with Crippen molar-refractivity contribution in [3.63, 3.8) is 0 Å². The van der Waals surface area contributed by atoms with Crippen molar-refractivity contribution in [2.75, 3.05) is 26.3 Å². The molecule has 4 atom stereocenters. The monoisotopic (exact) mass is 383 g/mol. The Morgan fingerprint density at radius 1 is 1.11 bits per heavy atom. The quantitative estimate of drug-likeness (QED) is 0.791. The highest BCUT2D eigenvalue weighted by Crippen LogP contribution is 2.47. The zero-order valence-corrected chi connectivity index (χ0v) is 16.2. The molecule has 3 fully saturated rings. The molecule has 0 amide bonds. The molecule has 2 saturated carbocycles. The molecule has 1 saturated heterocycles. The van der Waals surface area contributed by atoms with Gasteiger partial charge in [0.1, 0.15) is 5.78 Å². The van der Waals surface area contributed by atoms with Crippen LogP contribution in [-0.4, -0.2) is 49.1 Å². The van der Waals surface area contributed by atoms with Crippen LogP contribution in [0.15, 0.2) is 42.5 Å². The van der Waals surface area contributed by atoms with E-state index in [1.165, 1.54) is 15.3 Å². The van der Waals surface area contributed by atoms with Crippen molar-refractivity contribution in [1.82, 2.24) is 4.90 Å². The van der Waals surface area contributed by atoms with Gasteiger partial charge in [0.25, 0.3) is 0 Å². The smallest absolute Gasteiger partial charge is 0.138 e. The summed E-state index contributed by atoms with van der Waals surface area (Å²) in [6.45, 7) is 4.11. The molecule has 3 aliphatic rings. The number of carbonyl (C=O) groups excluding carboxylic acids is 1. The van der Waals surface area contributed by atoms with Gasteiger partial charge >= 0.3 is 0 Å². The number of benzene rings is 1. The average molecular weight is 384 g/mol. The number of Topliss-reactive ketones (excluding diaryl/α,β-unsaturated/α-hetero) is 1. The summed E-state index contributed by atoms with van der Waals surface area (Å²) in [4.78, 5) is 17.4. The summed E-state index contributed by atoms with van der Waals surface area (Å²) in [6.07, 6.45) is 1.79. The summed E-state index contributed by atoms with van der Waals surface area (Å²) in [5.41, 5.74) is 1.26. The van der Waals surface area contributed by atoms with Gasteiger partial charge in [-0.25, -0.2) is 0 Å². The Kier molecular flexibility index (Phi) is 4.86. The fourth-order valence-corrected chi connectivity index (χ4v) is 5.97. The third-order valence-corrected chi connectivity index (χ3v) is 7.40. The Balaban J connectivity index is 1.23. The number of rotatable bonds is 5. The third kappa shape index (κ3) is 3.38. The Hall–Kier alpha value is -1.53. The first-order valence-corrected chi connectivity index (χ1v) is 10.7. The van der Waals surface area contributed by atoms with Crippen molar-refractivity contribution in [1.29, 1.82) is 0 Å². The zero-order valence-electron chi connectivity index (χ0n) is 15.4. The lowest BCUT2D eigenvalue weighted by molar-refractivity contribution is -0.124. The van der Waals surface area contributed by atoms with Gasteiger partial charge in [-0.1, -0.05) is 30.3 Å². The number of nitrogens with zero attached hydrogens (tertiary/aromatic N) is 1. The number of hydrogen-bond donors (Lipinski definition) is 0. The summed E-state index contributed by atoms with van der Waals surface area (Å²) >= 11 is 1.80. The van der Waals surface area contributed by atoms with E-state index >= 15 is 0 Å². The Labute approximate surface area is 164 Å². The maximum atomic E-state index is 12.4. The largest absolute Gasteiger partial charge is 0.379 e. The van der Waals surface area contributed by atoms with Crippen molar-refractivity contribution >= 4 is 17.1 Å². The van der Waals surface area contributed by atoms with Gasteiger partial charge in [-0.3, -0.25) is 9.69 Å². The third-order valence-electron chi connectivity index (χ3n) is 6.29. The van der Waals surface area contributed by atoms with E-state index in [-0.39, 0.29) is 12.0 Å². The van der Waals surface area contributed by atoms with Crippen LogP contribution < -0.4 is 0 Å². The highest BCUT2D eigenvalue weighted by molar-refractivity contribution is 7.15. The van der Waals surface area contributed by atoms with Gasteiger partial charge < -0.3 is 9.47 Å². The molecule has 0 radical (unpaired) electrons. The molecule has 5 rings (SSSR count). The first-order valence-electron chi connectivity index (χ1n) is 9.90. The molecule has 2 aliphatic carbocycles. The topological polar surface area (TPSA) is 38.8 Å². The first kappa shape index (κ1) is 17.6. The van der Waals surface area contributed by atoms with Crippen LogP contribution in [0.2, 0.25) is 0 Å². The van der Waals surface area contributed by atoms with E-state index in [9.17, 15) is 4.79 Å². The molecule has 1 aromatic heterocycles. The minimum atomic E-state index is 0.168. The molecule has 0 N–H and O–H groups in total. The van der Waals surface area contributed by atoms with Crippen molar-refractivity contribution < 1.29 is 14.3 Å². The van der Waals surface area contributed by atoms with Gasteiger partial charge in [0.05, 0.1) is 25.9 Å². The summed E-state index contributed by atoms with van der Waals surface area (Å²) in [7, 11) is 0. The van der Waals surface area contributed by atoms with E-state index < -0.39 is 0 Å². The van der Waals surface area contributed by atoms with Gasteiger partial charge in [-0.15, -0.1) is 11.3 Å². The Bertz CT molecular complexity index is 799. The van der Waals surface area contributed by atoms with E-state index in [0.717, 1.165) is 32.7 Å². The number of ether oxygens (including phenoxy) is 2. The second-order valence-corrected chi connectivity index (χ2v) is 8.97. The lowest BCUT2D eigenvalue weighted by Gasteiger charge is -2.34. The van der Waals surface area contributed by atoms with Crippen LogP contribution >= 0.6 is 11.3 Å². The molecule has 1 aromatic carbocycles. The molecule has 142 valence electrons. The van der Waals surface area contributed by atoms with Crippen LogP contribution in [0.4, 0.5) is 0 Å². The lowest BCUT2D eigenvalue weighted by Crippen LogP contribution is -2.46. The highest BCUT2D eigenvalue weighted by Gasteiger charge is 2.55. The van der Waals surface area contributed by atoms with Gasteiger partial charge in [-0.05, 0) is 24.1 Å². The van der Waals surface area contributed by atoms with E-state index in [4.69, 9.17) is 9.47 Å². The van der Waals surface area contributed by atoms with Gasteiger partial charge in [-0.2, -0.15) is 0 Å². The summed E-state index contributed by atoms with van der Waals surface area (Å²) in [6, 6.07) is 15.2. The Morgan fingerprint density at radius 2 is 1.93 bits per heavy atom. The number of fused-ring (bicyclic) bond motifs is 2. The minimum absolute atomic E-state index is 0.168. The van der Waals surface area contributed by atoms with Gasteiger partial charge in [0.15, 0.2) is 0 Å². The number of morpholine rings is 1. The summed E-state index contributed by atoms with van der Waals surface area (Å²) in [5.74, 6) is 0.967. The number of thiophene rings is 1. The van der Waals surface area contributed by atoms with E-state index in [0.29, 0.717) is 30.8 Å². The molecule has 27 heavy (non-hydrogen) atoms. The number of ketones is 1. The van der Waals surface area contributed by atoms with Crippen LogP contribution in [0.3, 0.4) is 0 Å². The molecule has 5 heteroatoms. The molecule has 2 bridgehead atoms. The van der Waals surface area contributed by atoms with E-state index in [1.54, 1.807) is 11.3 Å². The van der Waals surface area contributed by atoms with Crippen LogP contribution in [-0.2, 0) is 20.9 Å². The minimum Gasteiger partial charge on any atom is -0.379 e. The van der Waals surface area contributed by atoms with Crippen molar-refractivity contribution in [2.24, 2.45) is 11.8 Å². The summed E-state index contributed by atoms with van der Waals surface area (Å²) in [5, 5.41) is 0. The highest BCUT2D eigenvalue weighted by atomic mass is 32.1. The van der Waals surface area contributed by atoms with Crippen LogP contribution in [0.1, 0.15) is 17.7 Å². The van der Waals surface area contributed by atoms with Gasteiger partial charge in [0, 0.05) is 47.1 Å². The Morgan fingerprint density at radius 3 is 2.74 bits per heavy atom.